The van der Waals surface area contributed by atoms with Crippen LogP contribution in [0.1, 0.15) is 6.42 Å². The minimum absolute atomic E-state index is 0. The van der Waals surface area contributed by atoms with Crippen molar-refractivity contribution >= 4 is 6.21 Å². The van der Waals surface area contributed by atoms with Gasteiger partial charge in [0.1, 0.15) is 0 Å². The molecule has 0 amide bonds. The first-order chi connectivity index (χ1) is 3.41. The summed E-state index contributed by atoms with van der Waals surface area (Å²) in [4.78, 5) is 0. The van der Waals surface area contributed by atoms with E-state index in [1.54, 1.807) is 6.21 Å². The quantitative estimate of drug-likeness (QED) is 0.202. The van der Waals surface area contributed by atoms with Gasteiger partial charge >= 0.3 is 51.4 Å². The molecule has 0 atom stereocenters. The molecule has 4 heteroatoms. The molecule has 0 bridgehead atoms. The van der Waals surface area contributed by atoms with Crippen LogP contribution in [0.5, 0.6) is 0 Å². The van der Waals surface area contributed by atoms with Crippen molar-refractivity contribution < 1.29 is 51.4 Å². The molecule has 0 saturated heterocycles. The van der Waals surface area contributed by atoms with Crippen LogP contribution in [0.2, 0.25) is 0 Å². The SMILES string of the molecule is CNCC/C=N/[NH-].[K+]. The smallest absolute Gasteiger partial charge is 0.617 e. The number of rotatable bonds is 3. The summed E-state index contributed by atoms with van der Waals surface area (Å²) in [5.41, 5.74) is 0. The summed E-state index contributed by atoms with van der Waals surface area (Å²) in [6.45, 7) is 0.905. The fraction of sp³-hybridized carbons (Fsp3) is 0.750. The van der Waals surface area contributed by atoms with Gasteiger partial charge in [-0.05, 0) is 26.2 Å². The van der Waals surface area contributed by atoms with Gasteiger partial charge < -0.3 is 16.3 Å². The van der Waals surface area contributed by atoms with Crippen molar-refractivity contribution in [3.63, 3.8) is 0 Å². The Balaban J connectivity index is 0. The first kappa shape index (κ1) is 11.8. The summed E-state index contributed by atoms with van der Waals surface area (Å²) in [5.74, 6) is 6.32. The minimum Gasteiger partial charge on any atom is -0.617 e. The van der Waals surface area contributed by atoms with Crippen molar-refractivity contribution in [1.29, 1.82) is 0 Å². The Morgan fingerprint density at radius 1 is 1.75 bits per heavy atom. The Bertz CT molecular complexity index is 55.2. The molecule has 0 aliphatic heterocycles. The maximum Gasteiger partial charge on any atom is 1.00 e. The van der Waals surface area contributed by atoms with Gasteiger partial charge in [-0.2, -0.15) is 0 Å². The topological polar surface area (TPSA) is 48.2 Å². The molecule has 0 heterocycles. The van der Waals surface area contributed by atoms with Crippen LogP contribution in [0.15, 0.2) is 5.10 Å². The van der Waals surface area contributed by atoms with Crippen LogP contribution in [0.3, 0.4) is 0 Å². The zero-order valence-electron chi connectivity index (χ0n) is 5.44. The van der Waals surface area contributed by atoms with Gasteiger partial charge in [-0.15, -0.1) is 0 Å². The van der Waals surface area contributed by atoms with Crippen LogP contribution in [0.4, 0.5) is 0 Å². The van der Waals surface area contributed by atoms with E-state index in [4.69, 9.17) is 5.84 Å². The number of nitrogens with zero attached hydrogens (tertiary/aromatic N) is 1. The van der Waals surface area contributed by atoms with E-state index in [2.05, 4.69) is 10.4 Å². The number of hydrogen-bond donors (Lipinski definition) is 1. The van der Waals surface area contributed by atoms with E-state index in [1.807, 2.05) is 7.05 Å². The molecular formula is C4H10KN3. The summed E-state index contributed by atoms with van der Waals surface area (Å²) in [7, 11) is 1.87. The second-order valence-corrected chi connectivity index (χ2v) is 1.20. The van der Waals surface area contributed by atoms with Crippen LogP contribution in [0, 0.1) is 0 Å². The van der Waals surface area contributed by atoms with Crippen LogP contribution in [-0.2, 0) is 0 Å². The van der Waals surface area contributed by atoms with E-state index >= 15 is 0 Å². The Kier molecular flexibility index (Phi) is 16.2. The van der Waals surface area contributed by atoms with Crippen LogP contribution >= 0.6 is 0 Å². The van der Waals surface area contributed by atoms with E-state index < -0.39 is 0 Å². The molecule has 42 valence electrons. The predicted molar refractivity (Wildman–Crippen MR) is 31.4 cm³/mol. The monoisotopic (exact) mass is 139 g/mol. The zero-order chi connectivity index (χ0) is 5.54. The third-order valence-corrected chi connectivity index (χ3v) is 0.615. The predicted octanol–water partition coefficient (Wildman–Crippen LogP) is -2.36. The molecule has 0 saturated carbocycles. The molecule has 0 aliphatic carbocycles. The average molecular weight is 139 g/mol. The summed E-state index contributed by atoms with van der Waals surface area (Å²) in [6, 6.07) is 0. The van der Waals surface area contributed by atoms with Crippen molar-refractivity contribution in [3.8, 4) is 0 Å². The van der Waals surface area contributed by atoms with Gasteiger partial charge in [-0.3, -0.25) is 0 Å². The van der Waals surface area contributed by atoms with Crippen molar-refractivity contribution in [3.05, 3.63) is 5.84 Å². The second-order valence-electron chi connectivity index (χ2n) is 1.20. The van der Waals surface area contributed by atoms with Crippen LogP contribution < -0.4 is 56.7 Å². The van der Waals surface area contributed by atoms with E-state index in [-0.39, 0.29) is 51.4 Å². The molecule has 0 radical (unpaired) electrons. The normalized spacial score (nSPS) is 9.12. The van der Waals surface area contributed by atoms with Gasteiger partial charge in [-0.25, -0.2) is 0 Å². The van der Waals surface area contributed by atoms with Gasteiger partial charge in [0.05, 0.1) is 0 Å². The van der Waals surface area contributed by atoms with E-state index in [9.17, 15) is 0 Å². The third kappa shape index (κ3) is 10.1. The maximum atomic E-state index is 6.32. The Morgan fingerprint density at radius 3 is 2.75 bits per heavy atom. The average Bonchev–Trinajstić information content (AvgIpc) is 1.69. The van der Waals surface area contributed by atoms with E-state index in [1.165, 1.54) is 0 Å². The first-order valence-corrected chi connectivity index (χ1v) is 2.24. The Morgan fingerprint density at radius 2 is 2.38 bits per heavy atom. The minimum atomic E-state index is 0. The third-order valence-electron chi connectivity index (χ3n) is 0.615. The van der Waals surface area contributed by atoms with Crippen molar-refractivity contribution in [2.24, 2.45) is 5.10 Å². The largest absolute Gasteiger partial charge is 1.00 e. The molecular weight excluding hydrogens is 129 g/mol. The summed E-state index contributed by atoms with van der Waals surface area (Å²) in [5, 5.41) is 5.99. The molecule has 0 aromatic heterocycles. The summed E-state index contributed by atoms with van der Waals surface area (Å²) in [6.07, 6.45) is 2.41. The van der Waals surface area contributed by atoms with Crippen LogP contribution in [0.25, 0.3) is 5.84 Å². The van der Waals surface area contributed by atoms with Crippen molar-refractivity contribution in [2.75, 3.05) is 13.6 Å². The Labute approximate surface area is 92.5 Å². The zero-order valence-corrected chi connectivity index (χ0v) is 8.56. The van der Waals surface area contributed by atoms with E-state index in [0.717, 1.165) is 13.0 Å². The number of hydrogen-bond acceptors (Lipinski definition) is 2. The van der Waals surface area contributed by atoms with Crippen LogP contribution in [-0.4, -0.2) is 19.8 Å². The standard InChI is InChI=1S/C4H10N3.K/c1-6-3-2-4-7-5;/h4-6H,2-3H2,1H3;/q-1;+1/b7-4+;. The fourth-order valence-corrected chi connectivity index (χ4v) is 0.273. The molecule has 0 rings (SSSR count). The van der Waals surface area contributed by atoms with Gasteiger partial charge in [0.2, 0.25) is 0 Å². The first-order valence-electron chi connectivity index (χ1n) is 2.24. The molecule has 0 aliphatic rings. The molecule has 3 nitrogen and oxygen atoms in total. The summed E-state index contributed by atoms with van der Waals surface area (Å²) < 4.78 is 0. The molecule has 0 aromatic carbocycles. The molecule has 0 fully saturated rings. The Hall–Kier alpha value is 1.07. The molecule has 0 aromatic rings. The van der Waals surface area contributed by atoms with Gasteiger partial charge in [-0.1, -0.05) is 0 Å². The fourth-order valence-electron chi connectivity index (χ4n) is 0.273. The van der Waals surface area contributed by atoms with Crippen molar-refractivity contribution in [1.82, 2.24) is 5.32 Å². The van der Waals surface area contributed by atoms with Gasteiger partial charge in [0.15, 0.2) is 0 Å². The molecule has 8 heavy (non-hydrogen) atoms. The van der Waals surface area contributed by atoms with E-state index in [0.29, 0.717) is 0 Å². The van der Waals surface area contributed by atoms with Crippen molar-refractivity contribution in [2.45, 2.75) is 6.42 Å². The second kappa shape index (κ2) is 10.9. The van der Waals surface area contributed by atoms with Gasteiger partial charge in [0, 0.05) is 0 Å². The van der Waals surface area contributed by atoms with Gasteiger partial charge in [0.25, 0.3) is 0 Å². The molecule has 0 unspecified atom stereocenters. The maximum absolute atomic E-state index is 6.32. The number of nitrogens with one attached hydrogen (secondary N) is 2. The molecule has 2 N–H and O–H groups in total. The summed E-state index contributed by atoms with van der Waals surface area (Å²) >= 11 is 0. The molecule has 0 spiro atoms.